The number of hydrogen-bond donors (Lipinski definition) is 2. The number of hydrogen-bond acceptors (Lipinski definition) is 5. The van der Waals surface area contributed by atoms with Gasteiger partial charge in [-0.3, -0.25) is 5.32 Å². The largest absolute Gasteiger partial charge is 0.378 e. The molecule has 2 atom stereocenters. The van der Waals surface area contributed by atoms with Crippen LogP contribution < -0.4 is 5.32 Å². The summed E-state index contributed by atoms with van der Waals surface area (Å²) >= 11 is 1.56. The Bertz CT molecular complexity index is 813. The Morgan fingerprint density at radius 1 is 1.00 bits per heavy atom. The SMILES string of the molecule is CC(C)(C#N)SCC(COCc1ccccc1)(NC(O)C(C)(C)C)c1ccccc1. The number of nitrogens with zero attached hydrogens (tertiary/aromatic N) is 1. The topological polar surface area (TPSA) is 65.3 Å². The fourth-order valence-corrected chi connectivity index (χ4v) is 3.87. The Balaban J connectivity index is 2.35. The maximum absolute atomic E-state index is 10.9. The lowest BCUT2D eigenvalue weighted by Crippen LogP contribution is -2.56. The lowest BCUT2D eigenvalue weighted by atomic mass is 9.88. The third-order valence-corrected chi connectivity index (χ3v) is 6.42. The van der Waals surface area contributed by atoms with E-state index in [1.807, 2.05) is 95.3 Å². The van der Waals surface area contributed by atoms with Gasteiger partial charge in [0.15, 0.2) is 0 Å². The lowest BCUT2D eigenvalue weighted by molar-refractivity contribution is -0.0214. The molecular weight excluding hydrogens is 392 g/mol. The van der Waals surface area contributed by atoms with Crippen LogP contribution in [0.3, 0.4) is 0 Å². The van der Waals surface area contributed by atoms with Crippen LogP contribution in [0, 0.1) is 16.7 Å². The number of aliphatic hydroxyl groups is 1. The van der Waals surface area contributed by atoms with Gasteiger partial charge in [-0.15, -0.1) is 11.8 Å². The molecule has 162 valence electrons. The summed E-state index contributed by atoms with van der Waals surface area (Å²) in [5, 5.41) is 23.9. The fourth-order valence-electron chi connectivity index (χ4n) is 2.86. The number of thioether (sulfide) groups is 1. The van der Waals surface area contributed by atoms with Gasteiger partial charge in [-0.05, 0) is 25.0 Å². The van der Waals surface area contributed by atoms with Gasteiger partial charge in [-0.25, -0.2) is 0 Å². The van der Waals surface area contributed by atoms with Crippen molar-refractivity contribution in [2.24, 2.45) is 5.41 Å². The summed E-state index contributed by atoms with van der Waals surface area (Å²) in [5.41, 5.74) is 1.12. The third kappa shape index (κ3) is 7.14. The Kier molecular flexibility index (Phi) is 8.52. The maximum Gasteiger partial charge on any atom is 0.110 e. The van der Waals surface area contributed by atoms with Crippen LogP contribution in [0.5, 0.6) is 0 Å². The van der Waals surface area contributed by atoms with Crippen molar-refractivity contribution in [3.63, 3.8) is 0 Å². The van der Waals surface area contributed by atoms with Gasteiger partial charge in [-0.2, -0.15) is 5.26 Å². The highest BCUT2D eigenvalue weighted by molar-refractivity contribution is 8.00. The van der Waals surface area contributed by atoms with E-state index in [0.717, 1.165) is 11.1 Å². The van der Waals surface area contributed by atoms with E-state index in [-0.39, 0.29) is 5.41 Å². The average molecular weight is 427 g/mol. The molecule has 4 nitrogen and oxygen atoms in total. The van der Waals surface area contributed by atoms with Gasteiger partial charge in [0.2, 0.25) is 0 Å². The minimum Gasteiger partial charge on any atom is -0.378 e. The summed E-state index contributed by atoms with van der Waals surface area (Å²) in [6.45, 7) is 10.7. The number of nitrogens with one attached hydrogen (secondary N) is 1. The first kappa shape index (κ1) is 24.4. The molecule has 0 saturated heterocycles. The van der Waals surface area contributed by atoms with Crippen LogP contribution in [-0.4, -0.2) is 28.4 Å². The monoisotopic (exact) mass is 426 g/mol. The average Bonchev–Trinajstić information content (AvgIpc) is 2.72. The van der Waals surface area contributed by atoms with Crippen molar-refractivity contribution >= 4 is 11.8 Å². The zero-order valence-corrected chi connectivity index (χ0v) is 19.5. The highest BCUT2D eigenvalue weighted by Gasteiger charge is 2.39. The van der Waals surface area contributed by atoms with Gasteiger partial charge in [0.05, 0.1) is 29.6 Å². The zero-order valence-electron chi connectivity index (χ0n) is 18.7. The van der Waals surface area contributed by atoms with Crippen LogP contribution in [0.15, 0.2) is 60.7 Å². The number of aliphatic hydroxyl groups excluding tert-OH is 1. The second kappa shape index (κ2) is 10.5. The molecule has 2 aromatic rings. The fraction of sp³-hybridized carbons (Fsp3) is 0.480. The maximum atomic E-state index is 10.9. The standard InChI is InChI=1S/C25H34N2O2S/c1-23(2,3)22(28)27-25(19-30-24(4,5)17-26,21-14-10-7-11-15-21)18-29-16-20-12-8-6-9-13-20/h6-15,22,27-28H,16,18-19H2,1-5H3. The number of benzene rings is 2. The first-order chi connectivity index (χ1) is 14.1. The minimum atomic E-state index is -0.746. The van der Waals surface area contributed by atoms with Crippen molar-refractivity contribution in [2.75, 3.05) is 12.4 Å². The molecule has 0 saturated carbocycles. The molecule has 2 aromatic carbocycles. The molecule has 0 radical (unpaired) electrons. The number of ether oxygens (including phenoxy) is 1. The summed E-state index contributed by atoms with van der Waals surface area (Å²) in [7, 11) is 0. The van der Waals surface area contributed by atoms with Gasteiger partial charge in [0.25, 0.3) is 0 Å². The summed E-state index contributed by atoms with van der Waals surface area (Å²) in [6.07, 6.45) is -0.746. The highest BCUT2D eigenvalue weighted by atomic mass is 32.2. The molecular formula is C25H34N2O2S. The van der Waals surface area contributed by atoms with Crippen molar-refractivity contribution in [1.29, 1.82) is 5.26 Å². The van der Waals surface area contributed by atoms with E-state index in [1.54, 1.807) is 11.8 Å². The van der Waals surface area contributed by atoms with Crippen molar-refractivity contribution in [3.05, 3.63) is 71.8 Å². The number of rotatable bonds is 10. The van der Waals surface area contributed by atoms with Crippen molar-refractivity contribution in [3.8, 4) is 6.07 Å². The smallest absolute Gasteiger partial charge is 0.110 e. The first-order valence-corrected chi connectivity index (χ1v) is 11.2. The zero-order chi connectivity index (χ0) is 22.3. The van der Waals surface area contributed by atoms with Gasteiger partial charge < -0.3 is 9.84 Å². The van der Waals surface area contributed by atoms with Crippen LogP contribution in [0.2, 0.25) is 0 Å². The Hall–Kier alpha value is -1.84. The molecule has 2 N–H and O–H groups in total. The second-order valence-corrected chi connectivity index (χ2v) is 10.8. The van der Waals surface area contributed by atoms with Gasteiger partial charge >= 0.3 is 0 Å². The Morgan fingerprint density at radius 3 is 2.10 bits per heavy atom. The van der Waals surface area contributed by atoms with Crippen molar-refractivity contribution in [2.45, 2.75) is 57.7 Å². The summed E-state index contributed by atoms with van der Waals surface area (Å²) < 4.78 is 5.63. The van der Waals surface area contributed by atoms with Crippen LogP contribution >= 0.6 is 11.8 Å². The molecule has 0 bridgehead atoms. The van der Waals surface area contributed by atoms with E-state index in [0.29, 0.717) is 19.0 Å². The van der Waals surface area contributed by atoms with Crippen LogP contribution in [-0.2, 0) is 16.9 Å². The van der Waals surface area contributed by atoms with Gasteiger partial charge in [0, 0.05) is 11.2 Å². The molecule has 2 unspecified atom stereocenters. The van der Waals surface area contributed by atoms with E-state index < -0.39 is 16.5 Å². The normalized spacial score (nSPS) is 15.2. The van der Waals surface area contributed by atoms with Crippen LogP contribution in [0.1, 0.15) is 45.7 Å². The molecule has 30 heavy (non-hydrogen) atoms. The molecule has 0 fully saturated rings. The quantitative estimate of drug-likeness (QED) is 0.518. The molecule has 0 amide bonds. The molecule has 0 spiro atoms. The van der Waals surface area contributed by atoms with E-state index >= 15 is 0 Å². The van der Waals surface area contributed by atoms with E-state index in [4.69, 9.17) is 4.74 Å². The first-order valence-electron chi connectivity index (χ1n) is 10.3. The minimum absolute atomic E-state index is 0.352. The van der Waals surface area contributed by atoms with Crippen LogP contribution in [0.25, 0.3) is 0 Å². The second-order valence-electron chi connectivity index (χ2n) is 9.25. The molecule has 2 rings (SSSR count). The molecule has 5 heteroatoms. The molecule has 0 aliphatic heterocycles. The highest BCUT2D eigenvalue weighted by Crippen LogP contribution is 2.35. The summed E-state index contributed by atoms with van der Waals surface area (Å²) in [4.78, 5) is 0. The Morgan fingerprint density at radius 2 is 1.57 bits per heavy atom. The van der Waals surface area contributed by atoms with Gasteiger partial charge in [-0.1, -0.05) is 81.4 Å². The lowest BCUT2D eigenvalue weighted by Gasteiger charge is -2.41. The van der Waals surface area contributed by atoms with Crippen LogP contribution in [0.4, 0.5) is 0 Å². The number of nitriles is 1. The predicted octanol–water partition coefficient (Wildman–Crippen LogP) is 5.09. The summed E-state index contributed by atoms with van der Waals surface area (Å²) in [5.74, 6) is 0.583. The van der Waals surface area contributed by atoms with Gasteiger partial charge in [0.1, 0.15) is 6.23 Å². The van der Waals surface area contributed by atoms with Crippen molar-refractivity contribution in [1.82, 2.24) is 5.32 Å². The Labute approximate surface area is 185 Å². The van der Waals surface area contributed by atoms with E-state index in [2.05, 4.69) is 11.4 Å². The van der Waals surface area contributed by atoms with E-state index in [9.17, 15) is 10.4 Å². The van der Waals surface area contributed by atoms with Crippen molar-refractivity contribution < 1.29 is 9.84 Å². The molecule has 0 aliphatic rings. The summed E-state index contributed by atoms with van der Waals surface area (Å²) in [6, 6.07) is 22.5. The molecule has 0 heterocycles. The molecule has 0 aromatic heterocycles. The molecule has 0 aliphatic carbocycles. The third-order valence-electron chi connectivity index (χ3n) is 4.97. The van der Waals surface area contributed by atoms with E-state index in [1.165, 1.54) is 0 Å². The predicted molar refractivity (Wildman–Crippen MR) is 125 cm³/mol.